The first kappa shape index (κ1) is 19.0. The first-order valence-electron chi connectivity index (χ1n) is 8.74. The van der Waals surface area contributed by atoms with Gasteiger partial charge in [0.05, 0.1) is 0 Å². The monoisotopic (exact) mass is 345 g/mol. The minimum absolute atomic E-state index is 0.0611. The quantitative estimate of drug-likeness (QED) is 0.776. The predicted molar refractivity (Wildman–Crippen MR) is 99.1 cm³/mol. The van der Waals surface area contributed by atoms with Crippen LogP contribution < -0.4 is 15.7 Å². The van der Waals surface area contributed by atoms with Gasteiger partial charge in [0.2, 0.25) is 0 Å². The van der Waals surface area contributed by atoms with E-state index in [1.54, 1.807) is 6.07 Å². The number of rotatable bonds is 7. The van der Waals surface area contributed by atoms with Crippen molar-refractivity contribution in [1.82, 2.24) is 5.32 Å². The van der Waals surface area contributed by atoms with Crippen LogP contribution in [0.1, 0.15) is 44.7 Å². The lowest BCUT2D eigenvalue weighted by Crippen LogP contribution is -2.36. The molecule has 0 saturated heterocycles. The minimum atomic E-state index is -0.387. The maximum absolute atomic E-state index is 12.0. The summed E-state index contributed by atoms with van der Waals surface area (Å²) in [6.07, 6.45) is 2.02. The van der Waals surface area contributed by atoms with Crippen LogP contribution in [0.25, 0.3) is 11.0 Å². The van der Waals surface area contributed by atoms with Crippen LogP contribution in [0.5, 0.6) is 5.75 Å². The lowest BCUT2D eigenvalue weighted by atomic mass is 10.0. The van der Waals surface area contributed by atoms with E-state index in [-0.39, 0.29) is 24.2 Å². The van der Waals surface area contributed by atoms with Crippen molar-refractivity contribution in [2.45, 2.75) is 53.5 Å². The van der Waals surface area contributed by atoms with E-state index in [0.29, 0.717) is 17.3 Å². The number of aryl methyl sites for hydroxylation is 2. The molecule has 0 bridgehead atoms. The second kappa shape index (κ2) is 8.19. The van der Waals surface area contributed by atoms with Crippen molar-refractivity contribution in [1.29, 1.82) is 0 Å². The molecule has 0 aliphatic heterocycles. The summed E-state index contributed by atoms with van der Waals surface area (Å²) in [5.74, 6) is 1.02. The number of amides is 1. The summed E-state index contributed by atoms with van der Waals surface area (Å²) >= 11 is 0. The molecule has 1 aromatic heterocycles. The van der Waals surface area contributed by atoms with Crippen LogP contribution in [-0.2, 0) is 4.79 Å². The fourth-order valence-electron chi connectivity index (χ4n) is 2.77. The maximum Gasteiger partial charge on any atom is 0.336 e. The van der Waals surface area contributed by atoms with Crippen LogP contribution in [0.15, 0.2) is 27.4 Å². The number of benzene rings is 1. The molecule has 136 valence electrons. The first-order valence-corrected chi connectivity index (χ1v) is 8.74. The van der Waals surface area contributed by atoms with Crippen molar-refractivity contribution in [3.8, 4) is 5.75 Å². The van der Waals surface area contributed by atoms with Gasteiger partial charge in [0, 0.05) is 23.1 Å². The molecule has 0 aliphatic carbocycles. The normalized spacial score (nSPS) is 12.4. The smallest absolute Gasteiger partial charge is 0.336 e. The number of ether oxygens (including phenoxy) is 1. The highest BCUT2D eigenvalue weighted by Gasteiger charge is 2.13. The number of carbonyl (C=O) groups excluding carboxylic acids is 1. The number of fused-ring (bicyclic) bond motifs is 1. The molecule has 1 N–H and O–H groups in total. The van der Waals surface area contributed by atoms with E-state index in [9.17, 15) is 9.59 Å². The maximum atomic E-state index is 12.0. The third-order valence-corrected chi connectivity index (χ3v) is 4.26. The fraction of sp³-hybridized carbons (Fsp3) is 0.500. The summed E-state index contributed by atoms with van der Waals surface area (Å²) in [5.41, 5.74) is 1.70. The molecule has 0 fully saturated rings. The molecule has 1 aromatic carbocycles. The summed E-state index contributed by atoms with van der Waals surface area (Å²) in [7, 11) is 0. The zero-order chi connectivity index (χ0) is 18.6. The third-order valence-electron chi connectivity index (χ3n) is 4.26. The van der Waals surface area contributed by atoms with E-state index >= 15 is 0 Å². The van der Waals surface area contributed by atoms with Crippen molar-refractivity contribution in [2.24, 2.45) is 5.92 Å². The molecule has 25 heavy (non-hydrogen) atoms. The SMILES string of the molecule is Cc1cc(=O)oc2c(C)c(OCC(=O)N[C@@H](C)CCC(C)C)ccc12. The van der Waals surface area contributed by atoms with E-state index < -0.39 is 0 Å². The Kier molecular flexibility index (Phi) is 6.23. The topological polar surface area (TPSA) is 68.5 Å². The Morgan fingerprint density at radius 2 is 1.92 bits per heavy atom. The molecule has 0 radical (unpaired) electrons. The van der Waals surface area contributed by atoms with Crippen molar-refractivity contribution in [3.05, 3.63) is 39.7 Å². The molecule has 0 saturated carbocycles. The molecule has 5 heteroatoms. The molecule has 0 spiro atoms. The zero-order valence-electron chi connectivity index (χ0n) is 15.6. The van der Waals surface area contributed by atoms with Crippen LogP contribution in [0, 0.1) is 19.8 Å². The summed E-state index contributed by atoms with van der Waals surface area (Å²) in [4.78, 5) is 23.6. The minimum Gasteiger partial charge on any atom is -0.483 e. The zero-order valence-corrected chi connectivity index (χ0v) is 15.6. The molecule has 0 unspecified atom stereocenters. The summed E-state index contributed by atoms with van der Waals surface area (Å²) in [6, 6.07) is 5.24. The van der Waals surface area contributed by atoms with Crippen LogP contribution >= 0.6 is 0 Å². The van der Waals surface area contributed by atoms with Crippen molar-refractivity contribution >= 4 is 16.9 Å². The largest absolute Gasteiger partial charge is 0.483 e. The van der Waals surface area contributed by atoms with Crippen molar-refractivity contribution in [2.75, 3.05) is 6.61 Å². The molecule has 1 heterocycles. The van der Waals surface area contributed by atoms with Gasteiger partial charge in [-0.3, -0.25) is 4.79 Å². The van der Waals surface area contributed by atoms with Gasteiger partial charge in [-0.25, -0.2) is 4.79 Å². The highest BCUT2D eigenvalue weighted by Crippen LogP contribution is 2.28. The molecule has 1 amide bonds. The average Bonchev–Trinajstić information content (AvgIpc) is 2.53. The lowest BCUT2D eigenvalue weighted by molar-refractivity contribution is -0.123. The molecule has 2 aromatic rings. The molecule has 0 aliphatic rings. The Morgan fingerprint density at radius 3 is 2.60 bits per heavy atom. The number of hydrogen-bond donors (Lipinski definition) is 1. The van der Waals surface area contributed by atoms with Crippen LogP contribution in [0.2, 0.25) is 0 Å². The summed E-state index contributed by atoms with van der Waals surface area (Å²) < 4.78 is 10.9. The lowest BCUT2D eigenvalue weighted by Gasteiger charge is -2.16. The van der Waals surface area contributed by atoms with Gasteiger partial charge < -0.3 is 14.5 Å². The molecular formula is C20H27NO4. The highest BCUT2D eigenvalue weighted by atomic mass is 16.5. The standard InChI is InChI=1S/C20H27NO4/c1-12(2)6-7-14(4)21-18(22)11-24-17-9-8-16-13(3)10-19(23)25-20(16)15(17)5/h8-10,12,14H,6-7,11H2,1-5H3,(H,21,22)/t14-/m0/s1. The Morgan fingerprint density at radius 1 is 1.20 bits per heavy atom. The van der Waals surface area contributed by atoms with Gasteiger partial charge in [0.25, 0.3) is 5.91 Å². The molecule has 5 nitrogen and oxygen atoms in total. The van der Waals surface area contributed by atoms with E-state index in [1.807, 2.05) is 26.8 Å². The predicted octanol–water partition coefficient (Wildman–Crippen LogP) is 3.73. The van der Waals surface area contributed by atoms with Gasteiger partial charge >= 0.3 is 5.63 Å². The van der Waals surface area contributed by atoms with Crippen LogP contribution in [-0.4, -0.2) is 18.6 Å². The number of nitrogens with one attached hydrogen (secondary N) is 1. The highest BCUT2D eigenvalue weighted by molar-refractivity contribution is 5.85. The van der Waals surface area contributed by atoms with E-state index in [2.05, 4.69) is 19.2 Å². The molecule has 1 atom stereocenters. The van der Waals surface area contributed by atoms with E-state index in [4.69, 9.17) is 9.15 Å². The van der Waals surface area contributed by atoms with E-state index in [0.717, 1.165) is 29.4 Å². The van der Waals surface area contributed by atoms with Gasteiger partial charge in [-0.15, -0.1) is 0 Å². The van der Waals surface area contributed by atoms with Gasteiger partial charge in [0.15, 0.2) is 6.61 Å². The Hall–Kier alpha value is -2.30. The van der Waals surface area contributed by atoms with Crippen molar-refractivity contribution < 1.29 is 13.9 Å². The summed E-state index contributed by atoms with van der Waals surface area (Å²) in [6.45, 7) is 9.96. The van der Waals surface area contributed by atoms with Crippen molar-refractivity contribution in [3.63, 3.8) is 0 Å². The van der Waals surface area contributed by atoms with Gasteiger partial charge in [-0.2, -0.15) is 0 Å². The Bertz CT molecular complexity index is 807. The number of carbonyl (C=O) groups is 1. The second-order valence-electron chi connectivity index (χ2n) is 7.04. The number of hydrogen-bond acceptors (Lipinski definition) is 4. The van der Waals surface area contributed by atoms with Gasteiger partial charge in [-0.05, 0) is 57.2 Å². The van der Waals surface area contributed by atoms with Gasteiger partial charge in [-0.1, -0.05) is 13.8 Å². The Labute approximate surface area is 148 Å². The second-order valence-corrected chi connectivity index (χ2v) is 7.04. The van der Waals surface area contributed by atoms with Gasteiger partial charge in [0.1, 0.15) is 11.3 Å². The third kappa shape index (κ3) is 5.08. The Balaban J connectivity index is 2.02. The first-order chi connectivity index (χ1) is 11.8. The fourth-order valence-corrected chi connectivity index (χ4v) is 2.77. The summed E-state index contributed by atoms with van der Waals surface area (Å²) in [5, 5.41) is 3.81. The van der Waals surface area contributed by atoms with E-state index in [1.165, 1.54) is 6.07 Å². The molecular weight excluding hydrogens is 318 g/mol. The van der Waals surface area contributed by atoms with Crippen LogP contribution in [0.3, 0.4) is 0 Å². The average molecular weight is 345 g/mol. The van der Waals surface area contributed by atoms with Crippen LogP contribution in [0.4, 0.5) is 0 Å². The molecule has 2 rings (SSSR count).